The van der Waals surface area contributed by atoms with Crippen LogP contribution in [0.4, 0.5) is 21.9 Å². The molecule has 18 nitrogen and oxygen atoms in total. The molecule has 0 radical (unpaired) electrons. The third kappa shape index (κ3) is 16.2. The van der Waals surface area contributed by atoms with Crippen molar-refractivity contribution in [1.29, 1.82) is 0 Å². The van der Waals surface area contributed by atoms with Crippen LogP contribution in [-0.4, -0.2) is 94.6 Å². The first-order chi connectivity index (χ1) is 26.5. The van der Waals surface area contributed by atoms with Gasteiger partial charge in [0.1, 0.15) is 17.7 Å². The lowest BCUT2D eigenvalue weighted by molar-refractivity contribution is -0.143. The largest absolute Gasteiger partial charge is 0.480 e. The molecule has 1 aliphatic heterocycles. The summed E-state index contributed by atoms with van der Waals surface area (Å²) in [6.07, 6.45) is 0.145. The van der Waals surface area contributed by atoms with E-state index in [1.165, 1.54) is 0 Å². The van der Waals surface area contributed by atoms with Gasteiger partial charge in [-0.1, -0.05) is 12.1 Å². The van der Waals surface area contributed by atoms with Crippen LogP contribution in [0.1, 0.15) is 64.9 Å². The number of amides is 5. The standard InChI is InChI=1S/C38H44N6O12/c1-38(2,3)56-37(54)41-31(36(52)53)20-30(55-23-45)5-4-6-32(48)39-21-28(46)15-16-33(49)40-25-11-13-27(14-12-25)43-42-26-9-7-24(8-10-26)19-29(47)22-44-34(50)17-18-35(44)51/h7-14,17-18,23,30-31H,4-6,15-16,19-22H2,1-3H3,(H,39,48)(H,40,49)(H,41,54)(H,52,53)/t30?,31-/m0/s1. The number of aliphatic carboxylic acids is 1. The summed E-state index contributed by atoms with van der Waals surface area (Å²) in [5.41, 5.74) is 1.30. The minimum atomic E-state index is -1.41. The molecular formula is C38H44N6O12. The molecule has 5 amide bonds. The average molecular weight is 777 g/mol. The maximum Gasteiger partial charge on any atom is 0.408 e. The lowest BCUT2D eigenvalue weighted by Crippen LogP contribution is -2.45. The molecule has 1 aliphatic rings. The number of benzene rings is 2. The Balaban J connectivity index is 1.33. The highest BCUT2D eigenvalue weighted by Crippen LogP contribution is 2.21. The minimum absolute atomic E-state index is 0.0373. The van der Waals surface area contributed by atoms with Crippen LogP contribution in [0.5, 0.6) is 0 Å². The third-order valence-corrected chi connectivity index (χ3v) is 7.78. The van der Waals surface area contributed by atoms with Gasteiger partial charge in [0.15, 0.2) is 11.6 Å². The van der Waals surface area contributed by atoms with E-state index < -0.39 is 53.4 Å². The van der Waals surface area contributed by atoms with Crippen molar-refractivity contribution in [2.75, 3.05) is 18.4 Å². The molecule has 0 aliphatic carbocycles. The molecular weight excluding hydrogens is 732 g/mol. The Labute approximate surface area is 322 Å². The van der Waals surface area contributed by atoms with Crippen molar-refractivity contribution in [2.24, 2.45) is 10.2 Å². The number of carboxylic acids is 1. The van der Waals surface area contributed by atoms with Crippen molar-refractivity contribution < 1.29 is 57.7 Å². The summed E-state index contributed by atoms with van der Waals surface area (Å²) in [5.74, 6) is -3.95. The van der Waals surface area contributed by atoms with Crippen LogP contribution in [0, 0.1) is 0 Å². The highest BCUT2D eigenvalue weighted by molar-refractivity contribution is 6.14. The number of azo groups is 1. The fourth-order valence-corrected chi connectivity index (χ4v) is 5.05. The number of hydrogen-bond acceptors (Lipinski definition) is 13. The van der Waals surface area contributed by atoms with Crippen LogP contribution in [-0.2, 0) is 54.3 Å². The zero-order chi connectivity index (χ0) is 41.3. The molecule has 0 aromatic heterocycles. The second kappa shape index (κ2) is 21.3. The number of anilines is 1. The van der Waals surface area contributed by atoms with E-state index in [-0.39, 0.29) is 76.1 Å². The summed E-state index contributed by atoms with van der Waals surface area (Å²) in [4.78, 5) is 108. The normalized spacial score (nSPS) is 13.5. The van der Waals surface area contributed by atoms with Crippen molar-refractivity contribution in [3.63, 3.8) is 0 Å². The van der Waals surface area contributed by atoms with Crippen LogP contribution < -0.4 is 16.0 Å². The van der Waals surface area contributed by atoms with Gasteiger partial charge in [-0.25, -0.2) is 9.59 Å². The number of ketones is 2. The second-order valence-corrected chi connectivity index (χ2v) is 13.6. The Kier molecular flexibility index (Phi) is 16.7. The first-order valence-corrected chi connectivity index (χ1v) is 17.6. The van der Waals surface area contributed by atoms with Gasteiger partial charge < -0.3 is 30.5 Å². The lowest BCUT2D eigenvalue weighted by Gasteiger charge is -2.24. The van der Waals surface area contributed by atoms with E-state index in [2.05, 4.69) is 26.2 Å². The summed E-state index contributed by atoms with van der Waals surface area (Å²) in [6, 6.07) is 11.8. The van der Waals surface area contributed by atoms with E-state index in [4.69, 9.17) is 9.47 Å². The Hall–Kier alpha value is -6.59. The number of carbonyl (C=O) groups excluding carboxylic acids is 8. The average Bonchev–Trinajstić information content (AvgIpc) is 3.44. The topological polar surface area (TPSA) is 256 Å². The van der Waals surface area contributed by atoms with Crippen molar-refractivity contribution >= 4 is 70.8 Å². The number of ether oxygens (including phenoxy) is 2. The molecule has 56 heavy (non-hydrogen) atoms. The Morgan fingerprint density at radius 1 is 0.839 bits per heavy atom. The molecule has 2 aromatic carbocycles. The first-order valence-electron chi connectivity index (χ1n) is 17.6. The smallest absolute Gasteiger partial charge is 0.408 e. The Morgan fingerprint density at radius 2 is 1.45 bits per heavy atom. The van der Waals surface area contributed by atoms with Gasteiger partial charge in [0, 0.05) is 49.9 Å². The van der Waals surface area contributed by atoms with E-state index in [0.29, 0.717) is 22.6 Å². The fraction of sp³-hybridized carbons (Fsp3) is 0.395. The lowest BCUT2D eigenvalue weighted by atomic mass is 10.0. The number of nitrogens with one attached hydrogen (secondary N) is 3. The van der Waals surface area contributed by atoms with Crippen molar-refractivity contribution in [2.45, 2.75) is 83.5 Å². The van der Waals surface area contributed by atoms with Gasteiger partial charge in [0.25, 0.3) is 18.3 Å². The van der Waals surface area contributed by atoms with Gasteiger partial charge in [-0.3, -0.25) is 38.5 Å². The molecule has 2 atom stereocenters. The molecule has 2 aromatic rings. The van der Waals surface area contributed by atoms with E-state index in [1.54, 1.807) is 69.3 Å². The molecule has 0 spiro atoms. The molecule has 4 N–H and O–H groups in total. The predicted molar refractivity (Wildman–Crippen MR) is 198 cm³/mol. The second-order valence-electron chi connectivity index (χ2n) is 13.6. The van der Waals surface area contributed by atoms with Crippen molar-refractivity contribution in [3.05, 3.63) is 66.2 Å². The van der Waals surface area contributed by atoms with E-state index in [9.17, 15) is 48.3 Å². The number of Topliss-reactive ketones (excluding diaryl/α,β-unsaturated/α-hetero) is 2. The minimum Gasteiger partial charge on any atom is -0.480 e. The summed E-state index contributed by atoms with van der Waals surface area (Å²) in [5, 5.41) is 25.2. The van der Waals surface area contributed by atoms with Gasteiger partial charge in [-0.05, 0) is 75.6 Å². The van der Waals surface area contributed by atoms with Gasteiger partial charge >= 0.3 is 12.1 Å². The fourth-order valence-electron chi connectivity index (χ4n) is 5.05. The van der Waals surface area contributed by atoms with Crippen molar-refractivity contribution in [1.82, 2.24) is 15.5 Å². The summed E-state index contributed by atoms with van der Waals surface area (Å²) < 4.78 is 10.0. The first kappa shape index (κ1) is 43.8. The Morgan fingerprint density at radius 3 is 2.02 bits per heavy atom. The monoisotopic (exact) mass is 776 g/mol. The van der Waals surface area contributed by atoms with Crippen molar-refractivity contribution in [3.8, 4) is 0 Å². The highest BCUT2D eigenvalue weighted by atomic mass is 16.6. The number of carboxylic acid groups (broad SMARTS) is 1. The zero-order valence-electron chi connectivity index (χ0n) is 31.1. The zero-order valence-corrected chi connectivity index (χ0v) is 31.1. The number of carbonyl (C=O) groups is 9. The van der Waals surface area contributed by atoms with Gasteiger partial charge in [-0.15, -0.1) is 0 Å². The molecule has 18 heteroatoms. The van der Waals surface area contributed by atoms with E-state index >= 15 is 0 Å². The van der Waals surface area contributed by atoms with Gasteiger partial charge in [-0.2, -0.15) is 10.2 Å². The molecule has 0 bridgehead atoms. The van der Waals surface area contributed by atoms with Gasteiger partial charge in [0.05, 0.1) is 24.5 Å². The highest BCUT2D eigenvalue weighted by Gasteiger charge is 2.28. The maximum atomic E-state index is 12.4. The number of alkyl carbamates (subject to hydrolysis) is 1. The van der Waals surface area contributed by atoms with Crippen LogP contribution in [0.3, 0.4) is 0 Å². The van der Waals surface area contributed by atoms with Crippen LogP contribution in [0.15, 0.2) is 70.9 Å². The molecule has 3 rings (SSSR count). The molecule has 0 saturated carbocycles. The SMILES string of the molecule is CC(C)(C)OC(=O)N[C@@H](CC(CCCC(=O)NCC(=O)CCC(=O)Nc1ccc(N=Nc2ccc(CC(=O)CN3C(=O)C=CC3=O)cc2)cc1)OC=O)C(=O)O. The number of hydrogen-bond donors (Lipinski definition) is 4. The predicted octanol–water partition coefficient (Wildman–Crippen LogP) is 3.62. The number of imide groups is 1. The van der Waals surface area contributed by atoms with Crippen LogP contribution >= 0.6 is 0 Å². The number of nitrogens with zero attached hydrogens (tertiary/aromatic N) is 3. The molecule has 298 valence electrons. The summed E-state index contributed by atoms with van der Waals surface area (Å²) >= 11 is 0. The number of rotatable bonds is 22. The van der Waals surface area contributed by atoms with Crippen LogP contribution in [0.25, 0.3) is 0 Å². The van der Waals surface area contributed by atoms with Crippen LogP contribution in [0.2, 0.25) is 0 Å². The third-order valence-electron chi connectivity index (χ3n) is 7.78. The molecule has 0 fully saturated rings. The molecule has 0 saturated heterocycles. The van der Waals surface area contributed by atoms with E-state index in [0.717, 1.165) is 17.1 Å². The molecule has 1 unspecified atom stereocenters. The quantitative estimate of drug-likeness (QED) is 0.0760. The Bertz CT molecular complexity index is 1820. The summed E-state index contributed by atoms with van der Waals surface area (Å²) in [6.45, 7) is 4.40. The maximum absolute atomic E-state index is 12.4. The molecule has 1 heterocycles. The summed E-state index contributed by atoms with van der Waals surface area (Å²) in [7, 11) is 0. The van der Waals surface area contributed by atoms with E-state index in [1.807, 2.05) is 0 Å². The van der Waals surface area contributed by atoms with Gasteiger partial charge in [0.2, 0.25) is 11.8 Å².